The van der Waals surface area contributed by atoms with E-state index in [-0.39, 0.29) is 0 Å². The van der Waals surface area contributed by atoms with Gasteiger partial charge in [0.25, 0.3) is 0 Å². The summed E-state index contributed by atoms with van der Waals surface area (Å²) in [5, 5.41) is 8.18. The van der Waals surface area contributed by atoms with Gasteiger partial charge in [-0.25, -0.2) is 0 Å². The van der Waals surface area contributed by atoms with Crippen molar-refractivity contribution in [2.24, 2.45) is 0 Å². The molecule has 0 aromatic heterocycles. The number of para-hydroxylation sites is 7. The SMILES string of the molecule is CNc1ccccc1N(c1ccccc1)c1ccc2c(-c3ccc4c(c3)C(c3ccccc3)(c3ccccc3)c3ccccc3-4)c3cc(N4c5ccccc5N(C)c5ccccc54)ccc3c(-c3ccc4c(c3)C(c3ccccc3)(c3ccccc3)c3ccccc3-4)c2c1. The molecule has 0 saturated carbocycles. The van der Waals surface area contributed by atoms with Crippen molar-refractivity contribution >= 4 is 72.7 Å². The largest absolute Gasteiger partial charge is 0.386 e. The second-order valence-corrected chi connectivity index (χ2v) is 25.1. The van der Waals surface area contributed by atoms with Crippen LogP contribution in [0.5, 0.6) is 0 Å². The third kappa shape index (κ3) is 8.06. The number of anilines is 9. The molecule has 15 aromatic carbocycles. The van der Waals surface area contributed by atoms with Crippen molar-refractivity contribution in [3.63, 3.8) is 0 Å². The minimum atomic E-state index is -0.622. The van der Waals surface area contributed by atoms with Crippen LogP contribution in [0.1, 0.15) is 44.5 Å². The van der Waals surface area contributed by atoms with Gasteiger partial charge in [0, 0.05) is 31.2 Å². The Balaban J connectivity index is 0.993. The molecule has 94 heavy (non-hydrogen) atoms. The molecule has 0 bridgehead atoms. The zero-order valence-electron chi connectivity index (χ0n) is 52.3. The van der Waals surface area contributed by atoms with Crippen LogP contribution >= 0.6 is 0 Å². The molecule has 0 spiro atoms. The van der Waals surface area contributed by atoms with Gasteiger partial charge in [0.05, 0.1) is 45.0 Å². The average Bonchev–Trinajstić information content (AvgIpc) is 1.38. The quantitative estimate of drug-likeness (QED) is 0.130. The van der Waals surface area contributed by atoms with Gasteiger partial charge in [0.15, 0.2) is 0 Å². The van der Waals surface area contributed by atoms with Crippen molar-refractivity contribution in [2.45, 2.75) is 10.8 Å². The Kier molecular flexibility index (Phi) is 12.8. The number of benzene rings is 15. The summed E-state index contributed by atoms with van der Waals surface area (Å²) in [5.74, 6) is 0. The van der Waals surface area contributed by atoms with E-state index in [1.165, 1.54) is 77.9 Å². The molecule has 15 aromatic rings. The molecule has 1 aliphatic heterocycles. The summed E-state index contributed by atoms with van der Waals surface area (Å²) in [6.07, 6.45) is 0. The van der Waals surface area contributed by atoms with Gasteiger partial charge in [-0.3, -0.25) is 0 Å². The molecule has 0 amide bonds. The van der Waals surface area contributed by atoms with Crippen LogP contribution in [0.15, 0.2) is 346 Å². The van der Waals surface area contributed by atoms with Crippen LogP contribution in [0.2, 0.25) is 0 Å². The van der Waals surface area contributed by atoms with Gasteiger partial charge in [-0.05, 0) is 195 Å². The first-order chi connectivity index (χ1) is 46.5. The second kappa shape index (κ2) is 21.9. The highest BCUT2D eigenvalue weighted by atomic mass is 15.3. The standard InChI is InChI=1S/C90H64N4/c1-91-81-42-22-23-43-82(81)93(66-36-16-7-17-37-66)67-50-54-73-75(58-67)87(60-48-52-71-69-38-18-20-40-77(69)89(79(71)56-60,62-28-8-3-9-29-62)63-30-10-4-11-31-63)74-55-51-68(94-85-46-26-24-44-83(85)92(2)84-45-25-27-47-86(84)94)59-76(74)88(73)61-49-53-72-70-39-19-21-41-78(70)90(80(72)57-61,64-32-12-5-13-33-64)65-34-14-6-15-35-65/h3-59,91H,1-2H3. The van der Waals surface area contributed by atoms with Crippen LogP contribution in [0.25, 0.3) is 66.1 Å². The second-order valence-electron chi connectivity index (χ2n) is 25.1. The van der Waals surface area contributed by atoms with Crippen LogP contribution in [0.3, 0.4) is 0 Å². The third-order valence-corrected chi connectivity index (χ3v) is 20.5. The molecule has 0 radical (unpaired) electrons. The molecular weight excluding hydrogens is 1140 g/mol. The normalized spacial score (nSPS) is 13.6. The summed E-state index contributed by atoms with van der Waals surface area (Å²) in [6, 6.07) is 130. The highest BCUT2D eigenvalue weighted by molar-refractivity contribution is 6.23. The fourth-order valence-corrected chi connectivity index (χ4v) is 16.6. The van der Waals surface area contributed by atoms with Crippen LogP contribution in [-0.4, -0.2) is 14.1 Å². The Bertz CT molecular complexity index is 5060. The average molecular weight is 1200 g/mol. The molecule has 1 heterocycles. The Labute approximate surface area is 549 Å². The van der Waals surface area contributed by atoms with Crippen molar-refractivity contribution < 1.29 is 0 Å². The monoisotopic (exact) mass is 1200 g/mol. The Morgan fingerprint density at radius 3 is 1.18 bits per heavy atom. The minimum Gasteiger partial charge on any atom is -0.386 e. The number of fused-ring (bicyclic) bond motifs is 10. The van der Waals surface area contributed by atoms with E-state index in [9.17, 15) is 0 Å². The van der Waals surface area contributed by atoms with E-state index < -0.39 is 10.8 Å². The van der Waals surface area contributed by atoms with Crippen LogP contribution in [-0.2, 0) is 10.8 Å². The zero-order chi connectivity index (χ0) is 62.5. The van der Waals surface area contributed by atoms with Gasteiger partial charge in [0.1, 0.15) is 0 Å². The van der Waals surface area contributed by atoms with Gasteiger partial charge in [-0.1, -0.05) is 261 Å². The maximum Gasteiger partial charge on any atom is 0.0713 e. The van der Waals surface area contributed by atoms with E-state index in [4.69, 9.17) is 0 Å². The van der Waals surface area contributed by atoms with Gasteiger partial charge in [0.2, 0.25) is 0 Å². The lowest BCUT2D eigenvalue weighted by Gasteiger charge is -2.38. The lowest BCUT2D eigenvalue weighted by Crippen LogP contribution is -2.28. The molecule has 18 rings (SSSR count). The maximum absolute atomic E-state index is 3.57. The summed E-state index contributed by atoms with van der Waals surface area (Å²) >= 11 is 0. The van der Waals surface area contributed by atoms with Crippen molar-refractivity contribution in [3.8, 4) is 44.5 Å². The van der Waals surface area contributed by atoms with Crippen molar-refractivity contribution in [2.75, 3.05) is 34.1 Å². The molecule has 444 valence electrons. The summed E-state index contributed by atoms with van der Waals surface area (Å²) in [7, 11) is 4.20. The molecule has 0 atom stereocenters. The highest BCUT2D eigenvalue weighted by Gasteiger charge is 2.48. The number of hydrogen-bond donors (Lipinski definition) is 1. The molecule has 0 unspecified atom stereocenters. The van der Waals surface area contributed by atoms with E-state index in [2.05, 4.69) is 373 Å². The Hall–Kier alpha value is -12.0. The van der Waals surface area contributed by atoms with E-state index >= 15 is 0 Å². The minimum absolute atomic E-state index is 0.621. The van der Waals surface area contributed by atoms with Crippen LogP contribution in [0.4, 0.5) is 51.2 Å². The Morgan fingerprint density at radius 2 is 0.691 bits per heavy atom. The van der Waals surface area contributed by atoms with Gasteiger partial charge in [-0.15, -0.1) is 0 Å². The van der Waals surface area contributed by atoms with E-state index in [1.807, 2.05) is 7.05 Å². The number of hydrogen-bond acceptors (Lipinski definition) is 4. The third-order valence-electron chi connectivity index (χ3n) is 20.5. The smallest absolute Gasteiger partial charge is 0.0713 e. The molecule has 4 nitrogen and oxygen atoms in total. The first kappa shape index (κ1) is 54.9. The molecule has 4 heteroatoms. The number of nitrogens with one attached hydrogen (secondary N) is 1. The fraction of sp³-hybridized carbons (Fsp3) is 0.0444. The van der Waals surface area contributed by atoms with E-state index in [0.717, 1.165) is 83.9 Å². The van der Waals surface area contributed by atoms with Gasteiger partial charge < -0.3 is 20.0 Å². The van der Waals surface area contributed by atoms with E-state index in [1.54, 1.807) is 0 Å². The zero-order valence-corrected chi connectivity index (χ0v) is 52.3. The predicted molar refractivity (Wildman–Crippen MR) is 394 cm³/mol. The summed E-state index contributed by atoms with van der Waals surface area (Å²) in [4.78, 5) is 7.23. The van der Waals surface area contributed by atoms with Gasteiger partial charge in [-0.2, -0.15) is 0 Å². The fourth-order valence-electron chi connectivity index (χ4n) is 16.6. The van der Waals surface area contributed by atoms with Crippen molar-refractivity contribution in [1.29, 1.82) is 0 Å². The molecule has 3 aliphatic rings. The maximum atomic E-state index is 3.57. The lowest BCUT2D eigenvalue weighted by atomic mass is 9.67. The molecule has 1 N–H and O–H groups in total. The van der Waals surface area contributed by atoms with Crippen molar-refractivity contribution in [1.82, 2.24) is 0 Å². The number of nitrogens with zero attached hydrogens (tertiary/aromatic N) is 3. The van der Waals surface area contributed by atoms with Crippen molar-refractivity contribution in [3.05, 3.63) is 390 Å². The first-order valence-electron chi connectivity index (χ1n) is 32.6. The summed E-state index contributed by atoms with van der Waals surface area (Å²) < 4.78 is 0. The Morgan fingerprint density at radius 1 is 0.298 bits per heavy atom. The number of rotatable bonds is 11. The predicted octanol–water partition coefficient (Wildman–Crippen LogP) is 23.1. The molecule has 0 fully saturated rings. The lowest BCUT2D eigenvalue weighted by molar-refractivity contribution is 0.769. The van der Waals surface area contributed by atoms with Crippen LogP contribution < -0.4 is 20.0 Å². The highest BCUT2D eigenvalue weighted by Crippen LogP contribution is 2.61. The van der Waals surface area contributed by atoms with Crippen LogP contribution in [0, 0.1) is 0 Å². The summed E-state index contributed by atoms with van der Waals surface area (Å²) in [5.41, 5.74) is 28.2. The first-order valence-corrected chi connectivity index (χ1v) is 32.6. The van der Waals surface area contributed by atoms with Gasteiger partial charge >= 0.3 is 0 Å². The van der Waals surface area contributed by atoms with E-state index in [0.29, 0.717) is 0 Å². The molecular formula is C90H64N4. The molecule has 0 saturated heterocycles. The topological polar surface area (TPSA) is 21.8 Å². The summed E-state index contributed by atoms with van der Waals surface area (Å²) in [6.45, 7) is 0. The molecule has 2 aliphatic carbocycles.